The van der Waals surface area contributed by atoms with Crippen molar-refractivity contribution in [3.05, 3.63) is 56.9 Å². The first-order valence-electron chi connectivity index (χ1n) is 8.38. The predicted octanol–water partition coefficient (Wildman–Crippen LogP) is 2.14. The van der Waals surface area contributed by atoms with Crippen LogP contribution < -0.4 is 5.56 Å². The second-order valence-electron chi connectivity index (χ2n) is 6.26. The van der Waals surface area contributed by atoms with Crippen LogP contribution in [0.4, 0.5) is 0 Å². The Bertz CT molecular complexity index is 1130. The second-order valence-corrected chi connectivity index (χ2v) is 9.49. The van der Waals surface area contributed by atoms with E-state index >= 15 is 0 Å². The van der Waals surface area contributed by atoms with Crippen molar-refractivity contribution in [1.29, 1.82) is 0 Å². The highest BCUT2D eigenvalue weighted by molar-refractivity contribution is 7.89. The highest BCUT2D eigenvalue weighted by atomic mass is 35.5. The third-order valence-corrected chi connectivity index (χ3v) is 7.82. The van der Waals surface area contributed by atoms with Gasteiger partial charge >= 0.3 is 0 Å². The third-order valence-electron chi connectivity index (χ3n) is 4.52. The molecule has 0 aliphatic carbocycles. The maximum Gasteiger partial charge on any atom is 0.268 e. The summed E-state index contributed by atoms with van der Waals surface area (Å²) >= 11 is 7.43. The van der Waals surface area contributed by atoms with Crippen LogP contribution >= 0.6 is 22.9 Å². The van der Waals surface area contributed by atoms with Crippen molar-refractivity contribution in [2.45, 2.75) is 11.4 Å². The fraction of sp³-hybridized carbons (Fsp3) is 0.294. The van der Waals surface area contributed by atoms with Gasteiger partial charge in [-0.25, -0.2) is 13.4 Å². The molecule has 0 atom stereocenters. The lowest BCUT2D eigenvalue weighted by Gasteiger charge is -2.33. The van der Waals surface area contributed by atoms with Crippen LogP contribution in [0.25, 0.3) is 10.2 Å². The Balaban J connectivity index is 1.45. The largest absolute Gasteiger partial charge is 0.308 e. The van der Waals surface area contributed by atoms with Crippen LogP contribution in [0.2, 0.25) is 5.02 Å². The summed E-state index contributed by atoms with van der Waals surface area (Å²) in [6.07, 6.45) is 0. The van der Waals surface area contributed by atoms with Crippen LogP contribution in [0.3, 0.4) is 0 Å². The molecule has 0 spiro atoms. The Labute approximate surface area is 165 Å². The number of piperazine rings is 1. The number of hydrogen-bond donors (Lipinski definition) is 1. The molecule has 1 saturated heterocycles. The van der Waals surface area contributed by atoms with E-state index in [1.54, 1.807) is 18.2 Å². The molecule has 1 aliphatic heterocycles. The monoisotopic (exact) mass is 424 g/mol. The molecule has 1 aliphatic rings. The molecule has 27 heavy (non-hydrogen) atoms. The van der Waals surface area contributed by atoms with Crippen LogP contribution in [0.15, 0.2) is 45.4 Å². The highest BCUT2D eigenvalue weighted by Crippen LogP contribution is 2.25. The lowest BCUT2D eigenvalue weighted by atomic mass is 10.3. The Kier molecular flexibility index (Phi) is 5.04. The van der Waals surface area contributed by atoms with Crippen molar-refractivity contribution in [3.63, 3.8) is 0 Å². The van der Waals surface area contributed by atoms with Gasteiger partial charge in [0.05, 0.1) is 17.1 Å². The van der Waals surface area contributed by atoms with Crippen molar-refractivity contribution in [3.8, 4) is 0 Å². The van der Waals surface area contributed by atoms with Gasteiger partial charge in [-0.15, -0.1) is 11.3 Å². The van der Waals surface area contributed by atoms with E-state index in [-0.39, 0.29) is 15.5 Å². The van der Waals surface area contributed by atoms with Gasteiger partial charge in [0.25, 0.3) is 5.56 Å². The maximum atomic E-state index is 12.8. The summed E-state index contributed by atoms with van der Waals surface area (Å²) < 4.78 is 27.7. The standard InChI is InChI=1S/C17H17ClN4O3S2/c18-12-3-1-2-4-14(12)27(24,25)22-8-6-21(7-9-22)11-15-19-13-5-10-26-16(13)17(23)20-15/h1-5,10H,6-9,11H2,(H,19,20,23). The van der Waals surface area contributed by atoms with Crippen molar-refractivity contribution in [2.24, 2.45) is 0 Å². The average Bonchev–Trinajstić information content (AvgIpc) is 3.11. The van der Waals surface area contributed by atoms with Crippen molar-refractivity contribution in [2.75, 3.05) is 26.2 Å². The summed E-state index contributed by atoms with van der Waals surface area (Å²) in [6.45, 7) is 2.29. The number of H-pyrrole nitrogens is 1. The number of halogens is 1. The van der Waals surface area contributed by atoms with Crippen molar-refractivity contribution < 1.29 is 8.42 Å². The van der Waals surface area contributed by atoms with Gasteiger partial charge in [0, 0.05) is 26.2 Å². The van der Waals surface area contributed by atoms with Gasteiger partial charge in [-0.1, -0.05) is 23.7 Å². The van der Waals surface area contributed by atoms with E-state index in [0.29, 0.717) is 48.8 Å². The summed E-state index contributed by atoms with van der Waals surface area (Å²) in [5.74, 6) is 0.591. The number of nitrogens with one attached hydrogen (secondary N) is 1. The summed E-state index contributed by atoms with van der Waals surface area (Å²) in [4.78, 5) is 21.6. The van der Waals surface area contributed by atoms with E-state index in [1.807, 2.05) is 11.4 Å². The molecule has 0 amide bonds. The molecule has 0 unspecified atom stereocenters. The first-order valence-corrected chi connectivity index (χ1v) is 11.1. The first-order chi connectivity index (χ1) is 12.9. The minimum absolute atomic E-state index is 0.133. The molecular formula is C17H17ClN4O3S2. The molecule has 1 aromatic carbocycles. The Hall–Kier alpha value is -1.78. The fourth-order valence-electron chi connectivity index (χ4n) is 3.13. The Morgan fingerprint density at radius 3 is 2.63 bits per heavy atom. The summed E-state index contributed by atoms with van der Waals surface area (Å²) in [5, 5.41) is 2.07. The van der Waals surface area contributed by atoms with Gasteiger partial charge in [0.1, 0.15) is 15.4 Å². The normalized spacial score (nSPS) is 16.8. The highest BCUT2D eigenvalue weighted by Gasteiger charge is 2.30. The van der Waals surface area contributed by atoms with Gasteiger partial charge in [-0.2, -0.15) is 4.31 Å². The van der Waals surface area contributed by atoms with E-state index in [4.69, 9.17) is 11.6 Å². The van der Waals surface area contributed by atoms with Crippen LogP contribution in [0.1, 0.15) is 5.82 Å². The summed E-state index contributed by atoms with van der Waals surface area (Å²) in [7, 11) is -3.61. The van der Waals surface area contributed by atoms with E-state index in [2.05, 4.69) is 14.9 Å². The van der Waals surface area contributed by atoms with Crippen molar-refractivity contribution in [1.82, 2.24) is 19.2 Å². The number of aromatic amines is 1. The molecule has 1 N–H and O–H groups in total. The molecule has 3 heterocycles. The zero-order valence-electron chi connectivity index (χ0n) is 14.3. The summed E-state index contributed by atoms with van der Waals surface area (Å²) in [6, 6.07) is 8.30. The second kappa shape index (κ2) is 7.33. The smallest absolute Gasteiger partial charge is 0.268 e. The van der Waals surface area contributed by atoms with Gasteiger partial charge in [0.15, 0.2) is 0 Å². The molecule has 0 saturated carbocycles. The number of thiophene rings is 1. The van der Waals surface area contributed by atoms with Gasteiger partial charge < -0.3 is 4.98 Å². The van der Waals surface area contributed by atoms with Gasteiger partial charge in [-0.05, 0) is 23.6 Å². The third kappa shape index (κ3) is 3.65. The number of rotatable bonds is 4. The quantitative estimate of drug-likeness (QED) is 0.693. The predicted molar refractivity (Wildman–Crippen MR) is 106 cm³/mol. The summed E-state index contributed by atoms with van der Waals surface area (Å²) in [5.41, 5.74) is 0.559. The molecule has 3 aromatic rings. The topological polar surface area (TPSA) is 86.4 Å². The minimum Gasteiger partial charge on any atom is -0.308 e. The van der Waals surface area contributed by atoms with Crippen LogP contribution in [-0.2, 0) is 16.6 Å². The Morgan fingerprint density at radius 2 is 1.89 bits per heavy atom. The van der Waals surface area contributed by atoms with Crippen LogP contribution in [-0.4, -0.2) is 53.8 Å². The SMILES string of the molecule is O=c1[nH]c(CN2CCN(S(=O)(=O)c3ccccc3Cl)CC2)nc2ccsc12. The zero-order chi connectivity index (χ0) is 19.0. The van der Waals surface area contributed by atoms with Crippen LogP contribution in [0, 0.1) is 0 Å². The molecule has 2 aromatic heterocycles. The van der Waals surface area contributed by atoms with E-state index in [1.165, 1.54) is 21.7 Å². The fourth-order valence-corrected chi connectivity index (χ4v) is 5.77. The average molecular weight is 425 g/mol. The molecule has 1 fully saturated rings. The molecule has 10 heteroatoms. The van der Waals surface area contributed by atoms with E-state index in [9.17, 15) is 13.2 Å². The molecule has 142 valence electrons. The van der Waals surface area contributed by atoms with E-state index in [0.717, 1.165) is 0 Å². The number of hydrogen-bond acceptors (Lipinski definition) is 6. The van der Waals surface area contributed by atoms with Gasteiger partial charge in [0.2, 0.25) is 10.0 Å². The van der Waals surface area contributed by atoms with Crippen molar-refractivity contribution >= 4 is 43.2 Å². The lowest BCUT2D eigenvalue weighted by Crippen LogP contribution is -2.48. The number of fused-ring (bicyclic) bond motifs is 1. The molecule has 0 bridgehead atoms. The lowest BCUT2D eigenvalue weighted by molar-refractivity contribution is 0.178. The van der Waals surface area contributed by atoms with Gasteiger partial charge in [-0.3, -0.25) is 9.69 Å². The first kappa shape index (κ1) is 18.6. The number of benzene rings is 1. The minimum atomic E-state index is -3.61. The Morgan fingerprint density at radius 1 is 1.15 bits per heavy atom. The number of sulfonamides is 1. The molecule has 4 rings (SSSR count). The zero-order valence-corrected chi connectivity index (χ0v) is 16.6. The van der Waals surface area contributed by atoms with E-state index < -0.39 is 10.0 Å². The molecular weight excluding hydrogens is 408 g/mol. The van der Waals surface area contributed by atoms with Crippen LogP contribution in [0.5, 0.6) is 0 Å². The number of aromatic nitrogens is 2. The molecule has 0 radical (unpaired) electrons. The number of nitrogens with zero attached hydrogens (tertiary/aromatic N) is 3. The molecule has 7 nitrogen and oxygen atoms in total. The maximum absolute atomic E-state index is 12.8.